The monoisotopic (exact) mass is 682 g/mol. The van der Waals surface area contributed by atoms with Gasteiger partial charge in [0.15, 0.2) is 5.82 Å². The van der Waals surface area contributed by atoms with Crippen molar-refractivity contribution in [2.24, 2.45) is 0 Å². The summed E-state index contributed by atoms with van der Waals surface area (Å²) in [5.74, 6) is -3.94. The molecule has 2 amide bonds. The van der Waals surface area contributed by atoms with Crippen molar-refractivity contribution < 1.29 is 54.9 Å². The number of esters is 1. The number of hydrogen-bond acceptors (Lipinski definition) is 11. The Kier molecular flexibility index (Phi) is 9.57. The number of nitrogens with one attached hydrogen (secondary N) is 2. The van der Waals surface area contributed by atoms with E-state index in [0.717, 1.165) is 16.3 Å². The third-order valence-electron chi connectivity index (χ3n) is 6.46. The van der Waals surface area contributed by atoms with E-state index in [1.807, 2.05) is 0 Å². The van der Waals surface area contributed by atoms with Crippen LogP contribution in [-0.4, -0.2) is 51.8 Å². The molecule has 1 aliphatic rings. The molecule has 0 unspecified atom stereocenters. The summed E-state index contributed by atoms with van der Waals surface area (Å²) in [5.41, 5.74) is 3.80. The molecule has 0 spiro atoms. The van der Waals surface area contributed by atoms with Gasteiger partial charge in [0, 0.05) is 18.3 Å². The molecule has 0 saturated heterocycles. The first-order valence-electron chi connectivity index (χ1n) is 13.7. The van der Waals surface area contributed by atoms with Crippen molar-refractivity contribution in [3.8, 4) is 11.4 Å². The third kappa shape index (κ3) is 7.66. The number of rotatable bonds is 10. The average molecular weight is 683 g/mol. The van der Waals surface area contributed by atoms with Crippen molar-refractivity contribution in [2.45, 2.75) is 32.4 Å². The number of hydroxylamine groups is 1. The Bertz CT molecular complexity index is 1790. The Hall–Kier alpha value is -5.63. The molecule has 254 valence electrons. The summed E-state index contributed by atoms with van der Waals surface area (Å²) >= 11 is 0. The van der Waals surface area contributed by atoms with Gasteiger partial charge in [-0.25, -0.2) is 14.6 Å². The maximum absolute atomic E-state index is 13.1. The molecule has 14 nitrogen and oxygen atoms in total. The van der Waals surface area contributed by atoms with Crippen LogP contribution in [0, 0.1) is 0 Å². The van der Waals surface area contributed by atoms with Gasteiger partial charge in [-0.05, 0) is 30.2 Å². The number of allylic oxidation sites excluding steroid dienone is 1. The molecule has 3 heterocycles. The Labute approximate surface area is 266 Å². The molecule has 20 heteroatoms. The lowest BCUT2D eigenvalue weighted by Crippen LogP contribution is -2.40. The number of benzene rings is 2. The standard InChI is InChI=1S/C28H24F6N8O6/c1-3-46-24(43)20-14-40(13-17-4-8-18(9-5-17)22-36-25(48-38-22)28(32,33)34)37-23(20)42(45-2)26(44)35-12-16-6-10-19(11-7-16)41-15-21(47-39-41)27(29,30)31/h4-11,14-15,39H,3,12-13H2,1-2H3,(H,35,44). The van der Waals surface area contributed by atoms with Gasteiger partial charge in [-0.15, -0.1) is 5.06 Å². The number of urea groups is 1. The predicted molar refractivity (Wildman–Crippen MR) is 151 cm³/mol. The highest BCUT2D eigenvalue weighted by molar-refractivity contribution is 5.99. The molecule has 5 rings (SSSR count). The van der Waals surface area contributed by atoms with E-state index in [1.165, 1.54) is 42.3 Å². The Morgan fingerprint density at radius 2 is 1.69 bits per heavy atom. The van der Waals surface area contributed by atoms with E-state index in [9.17, 15) is 35.9 Å². The maximum Gasteiger partial charge on any atom is 0.471 e. The second-order valence-electron chi connectivity index (χ2n) is 9.76. The second-order valence-corrected chi connectivity index (χ2v) is 9.76. The molecule has 2 aromatic heterocycles. The fraction of sp³-hybridized carbons (Fsp3) is 0.250. The van der Waals surface area contributed by atoms with E-state index in [4.69, 9.17) is 9.57 Å². The topological polar surface area (TPSA) is 149 Å². The van der Waals surface area contributed by atoms with Crippen LogP contribution in [-0.2, 0) is 33.7 Å². The van der Waals surface area contributed by atoms with Crippen molar-refractivity contribution in [3.63, 3.8) is 0 Å². The smallest absolute Gasteiger partial charge is 0.462 e. The van der Waals surface area contributed by atoms with Crippen LogP contribution in [0.1, 0.15) is 34.3 Å². The summed E-state index contributed by atoms with van der Waals surface area (Å²) < 4.78 is 87.6. The van der Waals surface area contributed by atoms with Gasteiger partial charge in [0.25, 0.3) is 0 Å². The first kappa shape index (κ1) is 33.7. The average Bonchev–Trinajstić information content (AvgIpc) is 3.82. The summed E-state index contributed by atoms with van der Waals surface area (Å²) in [6.07, 6.45) is -7.37. The number of carbonyl (C=O) groups excluding carboxylic acids is 2. The summed E-state index contributed by atoms with van der Waals surface area (Å²) in [4.78, 5) is 38.9. The van der Waals surface area contributed by atoms with Crippen LogP contribution < -0.4 is 21.0 Å². The van der Waals surface area contributed by atoms with Crippen LogP contribution in [0.4, 0.5) is 42.6 Å². The van der Waals surface area contributed by atoms with Crippen LogP contribution in [0.5, 0.6) is 0 Å². The van der Waals surface area contributed by atoms with E-state index in [-0.39, 0.29) is 42.5 Å². The van der Waals surface area contributed by atoms with Gasteiger partial charge in [0.05, 0.1) is 32.1 Å². The highest BCUT2D eigenvalue weighted by Gasteiger charge is 2.40. The zero-order chi connectivity index (χ0) is 34.6. The zero-order valence-corrected chi connectivity index (χ0v) is 24.8. The molecular weight excluding hydrogens is 658 g/mol. The summed E-state index contributed by atoms with van der Waals surface area (Å²) in [6.45, 7) is 1.64. The SMILES string of the molecule is CCOC(=O)c1cn(Cc2ccc(-c3noc(C(F)(F)F)n3)cc2)nc1N(OC)C(=O)NCc1ccc(N2C=C(C(F)(F)F)ON2)cc1. The van der Waals surface area contributed by atoms with Crippen LogP contribution in [0.3, 0.4) is 0 Å². The van der Waals surface area contributed by atoms with Crippen molar-refractivity contribution in [2.75, 3.05) is 23.8 Å². The molecule has 4 aromatic rings. The van der Waals surface area contributed by atoms with Crippen LogP contribution in [0.25, 0.3) is 11.4 Å². The van der Waals surface area contributed by atoms with E-state index in [1.54, 1.807) is 31.2 Å². The van der Waals surface area contributed by atoms with Crippen LogP contribution in [0.15, 0.2) is 71.2 Å². The molecule has 0 atom stereocenters. The highest BCUT2D eigenvalue weighted by Crippen LogP contribution is 2.31. The number of amides is 2. The highest BCUT2D eigenvalue weighted by atomic mass is 19.4. The number of nitrogens with zero attached hydrogens (tertiary/aromatic N) is 6. The summed E-state index contributed by atoms with van der Waals surface area (Å²) in [5, 5.41) is 12.1. The number of ether oxygens (including phenoxy) is 1. The van der Waals surface area contributed by atoms with Crippen molar-refractivity contribution in [3.05, 3.63) is 89.3 Å². The number of hydrogen-bond donors (Lipinski definition) is 2. The fourth-order valence-corrected chi connectivity index (χ4v) is 4.21. The third-order valence-corrected chi connectivity index (χ3v) is 6.46. The van der Waals surface area contributed by atoms with E-state index in [0.29, 0.717) is 16.8 Å². The molecular formula is C28H24F6N8O6. The molecule has 0 fully saturated rings. The Morgan fingerprint density at radius 1 is 1.00 bits per heavy atom. The van der Waals surface area contributed by atoms with Crippen molar-refractivity contribution in [1.82, 2.24) is 30.8 Å². The van der Waals surface area contributed by atoms with Crippen molar-refractivity contribution in [1.29, 1.82) is 0 Å². The largest absolute Gasteiger partial charge is 0.471 e. The molecule has 0 radical (unpaired) electrons. The summed E-state index contributed by atoms with van der Waals surface area (Å²) in [7, 11) is 1.18. The second kappa shape index (κ2) is 13.6. The molecule has 0 aliphatic carbocycles. The quantitative estimate of drug-likeness (QED) is 0.131. The fourth-order valence-electron chi connectivity index (χ4n) is 4.21. The number of carbonyl (C=O) groups is 2. The van der Waals surface area contributed by atoms with Gasteiger partial charge in [-0.1, -0.05) is 47.1 Å². The van der Waals surface area contributed by atoms with E-state index < -0.39 is 36.0 Å². The first-order valence-corrected chi connectivity index (χ1v) is 13.7. The predicted octanol–water partition coefficient (Wildman–Crippen LogP) is 5.11. The van der Waals surface area contributed by atoms with Crippen LogP contribution >= 0.6 is 0 Å². The Balaban J connectivity index is 1.27. The number of aromatic nitrogens is 4. The molecule has 0 bridgehead atoms. The van der Waals surface area contributed by atoms with E-state index in [2.05, 4.69) is 35.5 Å². The maximum atomic E-state index is 13.1. The molecule has 2 N–H and O–H groups in total. The number of alkyl halides is 6. The molecule has 48 heavy (non-hydrogen) atoms. The number of hydrazine groups is 1. The molecule has 0 saturated carbocycles. The number of halogens is 6. The zero-order valence-electron chi connectivity index (χ0n) is 24.8. The van der Waals surface area contributed by atoms with Gasteiger partial charge in [-0.3, -0.25) is 9.52 Å². The lowest BCUT2D eigenvalue weighted by Gasteiger charge is -2.19. The lowest BCUT2D eigenvalue weighted by atomic mass is 10.1. The molecule has 2 aromatic carbocycles. The van der Waals surface area contributed by atoms with Crippen LogP contribution in [0.2, 0.25) is 0 Å². The molecule has 1 aliphatic heterocycles. The van der Waals surface area contributed by atoms with Crippen molar-refractivity contribution >= 4 is 23.5 Å². The van der Waals surface area contributed by atoms with Gasteiger partial charge in [-0.2, -0.15) is 36.4 Å². The summed E-state index contributed by atoms with van der Waals surface area (Å²) in [6, 6.07) is 11.4. The minimum Gasteiger partial charge on any atom is -0.462 e. The van der Waals surface area contributed by atoms with E-state index >= 15 is 0 Å². The minimum absolute atomic E-state index is 0.0264. The minimum atomic E-state index is -4.78. The first-order chi connectivity index (χ1) is 22.8. The van der Waals surface area contributed by atoms with Gasteiger partial charge in [0.2, 0.25) is 11.6 Å². The number of anilines is 2. The Morgan fingerprint density at radius 3 is 2.27 bits per heavy atom. The normalized spacial score (nSPS) is 13.2. The van der Waals surface area contributed by atoms with Gasteiger partial charge >= 0.3 is 30.2 Å². The van der Waals surface area contributed by atoms with Gasteiger partial charge in [0.1, 0.15) is 5.56 Å². The lowest BCUT2D eigenvalue weighted by molar-refractivity contribution is -0.159. The van der Waals surface area contributed by atoms with Gasteiger partial charge < -0.3 is 19.4 Å².